The van der Waals surface area contributed by atoms with E-state index < -0.39 is 41.8 Å². The summed E-state index contributed by atoms with van der Waals surface area (Å²) in [5, 5.41) is 11.8. The number of alkyl halides is 2. The first-order chi connectivity index (χ1) is 18.2. The highest BCUT2D eigenvalue weighted by atomic mass is 19.3. The van der Waals surface area contributed by atoms with E-state index in [4.69, 9.17) is 4.74 Å². The number of hydrogen-bond donors (Lipinski definition) is 2. The van der Waals surface area contributed by atoms with Gasteiger partial charge in [0.1, 0.15) is 29.0 Å². The van der Waals surface area contributed by atoms with E-state index in [9.17, 15) is 28.3 Å². The smallest absolute Gasteiger partial charge is 0.387 e. The van der Waals surface area contributed by atoms with Gasteiger partial charge in [0, 0.05) is 36.8 Å². The van der Waals surface area contributed by atoms with E-state index in [-0.39, 0.29) is 48.0 Å². The predicted octanol–water partition coefficient (Wildman–Crippen LogP) is 2.52. The molecule has 1 unspecified atom stereocenters. The number of anilines is 1. The Bertz CT molecular complexity index is 1380. The summed E-state index contributed by atoms with van der Waals surface area (Å²) in [5.74, 6) is -2.80. The number of hydrogen-bond acceptors (Lipinski definition) is 6. The molecular formula is C26H24F3N3O6. The third-order valence-corrected chi connectivity index (χ3v) is 6.18. The van der Waals surface area contributed by atoms with Crippen LogP contribution in [0.1, 0.15) is 21.8 Å². The summed E-state index contributed by atoms with van der Waals surface area (Å²) in [7, 11) is 1.38. The third kappa shape index (κ3) is 5.49. The maximum atomic E-state index is 15.1. The zero-order valence-corrected chi connectivity index (χ0v) is 20.1. The number of aliphatic hydroxyl groups is 1. The Hall–Kier alpha value is -4.32. The van der Waals surface area contributed by atoms with Crippen LogP contribution in [0.4, 0.5) is 18.9 Å². The minimum atomic E-state index is -3.03. The summed E-state index contributed by atoms with van der Waals surface area (Å²) in [6, 6.07) is 10.7. The van der Waals surface area contributed by atoms with E-state index in [1.165, 1.54) is 71.3 Å². The molecule has 0 saturated carbocycles. The summed E-state index contributed by atoms with van der Waals surface area (Å²) in [5.41, 5.74) is -0.350. The number of methoxy groups -OCH3 is 1. The molecule has 1 saturated heterocycles. The molecule has 0 radical (unpaired) electrons. The lowest BCUT2D eigenvalue weighted by Gasteiger charge is -2.19. The number of halogens is 3. The highest BCUT2D eigenvalue weighted by Gasteiger charge is 2.44. The molecule has 0 aliphatic carbocycles. The summed E-state index contributed by atoms with van der Waals surface area (Å²) < 4.78 is 50.5. The van der Waals surface area contributed by atoms with Crippen LogP contribution >= 0.6 is 0 Å². The SMILES string of the molecule is COc1ccc([C@@H]2CN(c3cccn(CCO)c3=O)C(=O)C2NC(=O)c2ccc(OC(F)F)cc2)c(F)c1. The van der Waals surface area contributed by atoms with Crippen molar-refractivity contribution < 1.29 is 37.3 Å². The first-order valence-electron chi connectivity index (χ1n) is 11.5. The Morgan fingerprint density at radius 2 is 1.84 bits per heavy atom. The van der Waals surface area contributed by atoms with Crippen LogP contribution in [0, 0.1) is 5.82 Å². The topological polar surface area (TPSA) is 110 Å². The van der Waals surface area contributed by atoms with Gasteiger partial charge in [-0.05, 0) is 48.0 Å². The average Bonchev–Trinajstić information content (AvgIpc) is 3.20. The van der Waals surface area contributed by atoms with Crippen LogP contribution in [0.2, 0.25) is 0 Å². The van der Waals surface area contributed by atoms with Crippen LogP contribution in [-0.4, -0.2) is 54.4 Å². The van der Waals surface area contributed by atoms with Crippen molar-refractivity contribution in [2.24, 2.45) is 0 Å². The van der Waals surface area contributed by atoms with Gasteiger partial charge < -0.3 is 29.4 Å². The van der Waals surface area contributed by atoms with Gasteiger partial charge in [-0.3, -0.25) is 14.4 Å². The number of pyridine rings is 1. The highest BCUT2D eigenvalue weighted by molar-refractivity contribution is 6.05. The number of carbonyl (C=O) groups excluding carboxylic acids is 2. The Labute approximate surface area is 215 Å². The molecule has 0 bridgehead atoms. The van der Waals surface area contributed by atoms with Gasteiger partial charge in [0.2, 0.25) is 5.91 Å². The number of rotatable bonds is 9. The van der Waals surface area contributed by atoms with E-state index in [1.54, 1.807) is 0 Å². The number of benzene rings is 2. The molecule has 2 atom stereocenters. The lowest BCUT2D eigenvalue weighted by Crippen LogP contribution is -2.44. The van der Waals surface area contributed by atoms with Crippen LogP contribution in [-0.2, 0) is 11.3 Å². The molecule has 1 aliphatic rings. The van der Waals surface area contributed by atoms with Crippen molar-refractivity contribution in [3.05, 3.63) is 88.1 Å². The fraction of sp³-hybridized carbons (Fsp3) is 0.269. The first-order valence-corrected chi connectivity index (χ1v) is 11.5. The molecule has 200 valence electrons. The molecule has 0 spiro atoms. The Balaban J connectivity index is 1.68. The molecular weight excluding hydrogens is 507 g/mol. The van der Waals surface area contributed by atoms with Crippen molar-refractivity contribution in [1.29, 1.82) is 0 Å². The standard InChI is InChI=1S/C26H24F3N3O6/c1-37-17-8-9-18(20(27)13-17)19-14-32(21-3-2-10-31(11-12-33)24(21)35)25(36)22(19)30-23(34)15-4-6-16(7-5-15)38-26(28)29/h2-10,13,19,22,26,33H,11-12,14H2,1H3,(H,30,34)/t19-,22?/m0/s1. The molecule has 9 nitrogen and oxygen atoms in total. The average molecular weight is 531 g/mol. The second-order valence-electron chi connectivity index (χ2n) is 8.41. The van der Waals surface area contributed by atoms with Crippen molar-refractivity contribution >= 4 is 17.5 Å². The molecule has 2 aromatic carbocycles. The van der Waals surface area contributed by atoms with E-state index in [0.29, 0.717) is 0 Å². The third-order valence-electron chi connectivity index (χ3n) is 6.18. The van der Waals surface area contributed by atoms with Gasteiger partial charge in [0.15, 0.2) is 0 Å². The number of nitrogens with zero attached hydrogens (tertiary/aromatic N) is 2. The quantitative estimate of drug-likeness (QED) is 0.439. The minimum absolute atomic E-state index is 0.00937. The number of amides is 2. The highest BCUT2D eigenvalue weighted by Crippen LogP contribution is 2.34. The summed E-state index contributed by atoms with van der Waals surface area (Å²) in [6.45, 7) is -3.43. The van der Waals surface area contributed by atoms with E-state index in [0.717, 1.165) is 6.07 Å². The van der Waals surface area contributed by atoms with Crippen LogP contribution in [0.25, 0.3) is 0 Å². The van der Waals surface area contributed by atoms with Gasteiger partial charge in [0.05, 0.1) is 13.7 Å². The summed E-state index contributed by atoms with van der Waals surface area (Å²) in [6.07, 6.45) is 1.46. The fourth-order valence-corrected chi connectivity index (χ4v) is 4.35. The number of aromatic nitrogens is 1. The largest absolute Gasteiger partial charge is 0.497 e. The van der Waals surface area contributed by atoms with Crippen molar-refractivity contribution in [3.8, 4) is 11.5 Å². The van der Waals surface area contributed by atoms with Gasteiger partial charge in [-0.15, -0.1) is 0 Å². The maximum absolute atomic E-state index is 15.1. The van der Waals surface area contributed by atoms with Gasteiger partial charge in [0.25, 0.3) is 11.5 Å². The second kappa shape index (κ2) is 11.4. The monoisotopic (exact) mass is 531 g/mol. The number of aliphatic hydroxyl groups excluding tert-OH is 1. The zero-order chi connectivity index (χ0) is 27.4. The van der Waals surface area contributed by atoms with Gasteiger partial charge in [-0.1, -0.05) is 6.07 Å². The zero-order valence-electron chi connectivity index (χ0n) is 20.1. The van der Waals surface area contributed by atoms with Crippen molar-refractivity contribution in [3.63, 3.8) is 0 Å². The Morgan fingerprint density at radius 1 is 1.13 bits per heavy atom. The molecule has 2 heterocycles. The molecule has 2 amide bonds. The van der Waals surface area contributed by atoms with Crippen LogP contribution in [0.3, 0.4) is 0 Å². The minimum Gasteiger partial charge on any atom is -0.497 e. The van der Waals surface area contributed by atoms with Gasteiger partial charge >= 0.3 is 6.61 Å². The second-order valence-corrected chi connectivity index (χ2v) is 8.41. The number of ether oxygens (including phenoxy) is 2. The normalized spacial score (nSPS) is 17.1. The molecule has 2 N–H and O–H groups in total. The lowest BCUT2D eigenvalue weighted by molar-refractivity contribution is -0.118. The molecule has 1 fully saturated rings. The number of nitrogens with one attached hydrogen (secondary N) is 1. The molecule has 3 aromatic rings. The van der Waals surface area contributed by atoms with E-state index in [1.807, 2.05) is 0 Å². The summed E-state index contributed by atoms with van der Waals surface area (Å²) >= 11 is 0. The van der Waals surface area contributed by atoms with E-state index >= 15 is 4.39 Å². The molecule has 1 aliphatic heterocycles. The maximum Gasteiger partial charge on any atom is 0.387 e. The van der Waals surface area contributed by atoms with Crippen molar-refractivity contribution in [2.75, 3.05) is 25.2 Å². The Kier molecular flexibility index (Phi) is 8.01. The molecule has 38 heavy (non-hydrogen) atoms. The van der Waals surface area contributed by atoms with Crippen LogP contribution in [0.15, 0.2) is 65.6 Å². The van der Waals surface area contributed by atoms with Gasteiger partial charge in [-0.2, -0.15) is 8.78 Å². The first kappa shape index (κ1) is 26.7. The van der Waals surface area contributed by atoms with Crippen LogP contribution in [0.5, 0.6) is 11.5 Å². The fourth-order valence-electron chi connectivity index (χ4n) is 4.35. The van der Waals surface area contributed by atoms with Crippen molar-refractivity contribution in [1.82, 2.24) is 9.88 Å². The van der Waals surface area contributed by atoms with Gasteiger partial charge in [-0.25, -0.2) is 4.39 Å². The van der Waals surface area contributed by atoms with E-state index in [2.05, 4.69) is 10.1 Å². The van der Waals surface area contributed by atoms with Crippen LogP contribution < -0.4 is 25.2 Å². The summed E-state index contributed by atoms with van der Waals surface area (Å²) in [4.78, 5) is 40.7. The molecule has 12 heteroatoms. The molecule has 1 aromatic heterocycles. The molecule has 4 rings (SSSR count). The number of carbonyl (C=O) groups is 2. The predicted molar refractivity (Wildman–Crippen MR) is 130 cm³/mol. The lowest BCUT2D eigenvalue weighted by atomic mass is 9.93. The van der Waals surface area contributed by atoms with Crippen molar-refractivity contribution in [2.45, 2.75) is 25.1 Å². The Morgan fingerprint density at radius 3 is 2.47 bits per heavy atom.